The summed E-state index contributed by atoms with van der Waals surface area (Å²) < 4.78 is 0. The summed E-state index contributed by atoms with van der Waals surface area (Å²) in [7, 11) is 0. The SMILES string of the molecule is NCCc1ccc(N2CCN3CCCCC3C2)cc1Cl. The van der Waals surface area contributed by atoms with E-state index in [-0.39, 0.29) is 0 Å². The maximum absolute atomic E-state index is 6.37. The molecule has 0 amide bonds. The van der Waals surface area contributed by atoms with Gasteiger partial charge in [0.25, 0.3) is 0 Å². The first-order chi connectivity index (χ1) is 9.78. The van der Waals surface area contributed by atoms with Crippen molar-refractivity contribution in [2.45, 2.75) is 31.7 Å². The molecule has 0 bridgehead atoms. The summed E-state index contributed by atoms with van der Waals surface area (Å²) in [5.41, 5.74) is 8.04. The Labute approximate surface area is 126 Å². The average molecular weight is 294 g/mol. The van der Waals surface area contributed by atoms with Crippen molar-refractivity contribution in [1.82, 2.24) is 4.90 Å². The van der Waals surface area contributed by atoms with Gasteiger partial charge in [0.1, 0.15) is 0 Å². The maximum atomic E-state index is 6.37. The zero-order chi connectivity index (χ0) is 13.9. The molecule has 1 aromatic carbocycles. The molecule has 3 rings (SSSR count). The van der Waals surface area contributed by atoms with Gasteiger partial charge in [0.05, 0.1) is 0 Å². The number of halogens is 1. The first kappa shape index (κ1) is 14.2. The molecule has 1 aromatic rings. The second-order valence-corrected chi connectivity index (χ2v) is 6.35. The zero-order valence-electron chi connectivity index (χ0n) is 12.0. The summed E-state index contributed by atoms with van der Waals surface area (Å²) in [5, 5.41) is 0.860. The highest BCUT2D eigenvalue weighted by Crippen LogP contribution is 2.28. The van der Waals surface area contributed by atoms with E-state index in [0.717, 1.165) is 36.1 Å². The van der Waals surface area contributed by atoms with E-state index >= 15 is 0 Å². The molecule has 2 N–H and O–H groups in total. The fraction of sp³-hybridized carbons (Fsp3) is 0.625. The number of piperidine rings is 1. The molecule has 4 heteroatoms. The minimum Gasteiger partial charge on any atom is -0.369 e. The summed E-state index contributed by atoms with van der Waals surface area (Å²) in [6.07, 6.45) is 4.95. The normalized spacial score (nSPS) is 23.7. The smallest absolute Gasteiger partial charge is 0.0459 e. The van der Waals surface area contributed by atoms with Gasteiger partial charge >= 0.3 is 0 Å². The van der Waals surface area contributed by atoms with Gasteiger partial charge in [-0.2, -0.15) is 0 Å². The average Bonchev–Trinajstić information content (AvgIpc) is 2.49. The van der Waals surface area contributed by atoms with Crippen LogP contribution >= 0.6 is 11.6 Å². The number of hydrogen-bond acceptors (Lipinski definition) is 3. The molecule has 0 aromatic heterocycles. The molecule has 0 aliphatic carbocycles. The van der Waals surface area contributed by atoms with Crippen molar-refractivity contribution in [1.29, 1.82) is 0 Å². The summed E-state index contributed by atoms with van der Waals surface area (Å²) in [5.74, 6) is 0. The topological polar surface area (TPSA) is 32.5 Å². The number of hydrogen-bond donors (Lipinski definition) is 1. The van der Waals surface area contributed by atoms with Gasteiger partial charge in [-0.3, -0.25) is 4.90 Å². The van der Waals surface area contributed by atoms with E-state index in [1.807, 2.05) is 0 Å². The lowest BCUT2D eigenvalue weighted by molar-refractivity contribution is 0.133. The van der Waals surface area contributed by atoms with Crippen LogP contribution in [0, 0.1) is 0 Å². The molecule has 2 aliphatic rings. The highest BCUT2D eigenvalue weighted by atomic mass is 35.5. The minimum atomic E-state index is 0.653. The molecule has 0 saturated carbocycles. The largest absolute Gasteiger partial charge is 0.369 e. The Morgan fingerprint density at radius 2 is 2.10 bits per heavy atom. The maximum Gasteiger partial charge on any atom is 0.0459 e. The molecule has 20 heavy (non-hydrogen) atoms. The van der Waals surface area contributed by atoms with Crippen molar-refractivity contribution in [2.75, 3.05) is 37.6 Å². The van der Waals surface area contributed by atoms with Crippen LogP contribution in [0.3, 0.4) is 0 Å². The van der Waals surface area contributed by atoms with Crippen LogP contribution in [0.5, 0.6) is 0 Å². The number of nitrogens with two attached hydrogens (primary N) is 1. The van der Waals surface area contributed by atoms with Crippen LogP contribution in [0.4, 0.5) is 5.69 Å². The third-order valence-corrected chi connectivity index (χ3v) is 5.00. The first-order valence-electron chi connectivity index (χ1n) is 7.75. The lowest BCUT2D eigenvalue weighted by atomic mass is 9.99. The van der Waals surface area contributed by atoms with Gasteiger partial charge in [-0.25, -0.2) is 0 Å². The highest BCUT2D eigenvalue weighted by molar-refractivity contribution is 6.31. The molecule has 0 spiro atoms. The fourth-order valence-corrected chi connectivity index (χ4v) is 3.75. The van der Waals surface area contributed by atoms with Gasteiger partial charge in [0.2, 0.25) is 0 Å². The van der Waals surface area contributed by atoms with Gasteiger partial charge < -0.3 is 10.6 Å². The van der Waals surface area contributed by atoms with Crippen LogP contribution in [0.1, 0.15) is 24.8 Å². The summed E-state index contributed by atoms with van der Waals surface area (Å²) in [6, 6.07) is 7.19. The second kappa shape index (κ2) is 6.33. The number of piperazine rings is 1. The molecule has 3 nitrogen and oxygen atoms in total. The predicted octanol–water partition coefficient (Wildman–Crippen LogP) is 2.52. The van der Waals surface area contributed by atoms with Crippen molar-refractivity contribution in [3.05, 3.63) is 28.8 Å². The van der Waals surface area contributed by atoms with E-state index < -0.39 is 0 Å². The first-order valence-corrected chi connectivity index (χ1v) is 8.13. The van der Waals surface area contributed by atoms with E-state index in [1.165, 1.54) is 38.0 Å². The Kier molecular flexibility index (Phi) is 4.49. The molecule has 2 fully saturated rings. The number of nitrogens with zero attached hydrogens (tertiary/aromatic N) is 2. The molecular formula is C16H24ClN3. The lowest BCUT2D eigenvalue weighted by Gasteiger charge is -2.45. The third kappa shape index (κ3) is 2.95. The molecule has 1 atom stereocenters. The van der Waals surface area contributed by atoms with Gasteiger partial charge in [-0.1, -0.05) is 24.1 Å². The monoisotopic (exact) mass is 293 g/mol. The number of benzene rings is 1. The quantitative estimate of drug-likeness (QED) is 0.929. The minimum absolute atomic E-state index is 0.653. The molecule has 1 unspecified atom stereocenters. The standard InChI is InChI=1S/C16H24ClN3/c17-16-11-14(5-4-13(16)6-7-18)20-10-9-19-8-2-1-3-15(19)12-20/h4-5,11,15H,1-3,6-10,12,18H2. The van der Waals surface area contributed by atoms with Crippen molar-refractivity contribution in [2.24, 2.45) is 5.73 Å². The number of anilines is 1. The van der Waals surface area contributed by atoms with E-state index in [4.69, 9.17) is 17.3 Å². The van der Waals surface area contributed by atoms with Crippen LogP contribution in [0.25, 0.3) is 0 Å². The van der Waals surface area contributed by atoms with Crippen molar-refractivity contribution >= 4 is 17.3 Å². The Morgan fingerprint density at radius 3 is 2.90 bits per heavy atom. The van der Waals surface area contributed by atoms with Gasteiger partial charge in [-0.05, 0) is 50.0 Å². The summed E-state index contributed by atoms with van der Waals surface area (Å²) in [4.78, 5) is 5.15. The molecule has 110 valence electrons. The highest BCUT2D eigenvalue weighted by Gasteiger charge is 2.28. The molecule has 0 radical (unpaired) electrons. The van der Waals surface area contributed by atoms with E-state index in [9.17, 15) is 0 Å². The van der Waals surface area contributed by atoms with Crippen LogP contribution < -0.4 is 10.6 Å². The lowest BCUT2D eigenvalue weighted by Crippen LogP contribution is -2.54. The Bertz CT molecular complexity index is 463. The number of fused-ring (bicyclic) bond motifs is 1. The Balaban J connectivity index is 1.71. The van der Waals surface area contributed by atoms with Crippen LogP contribution in [-0.4, -0.2) is 43.7 Å². The predicted molar refractivity (Wildman–Crippen MR) is 85.6 cm³/mol. The fourth-order valence-electron chi connectivity index (χ4n) is 3.48. The molecule has 2 saturated heterocycles. The van der Waals surface area contributed by atoms with E-state index in [1.54, 1.807) is 0 Å². The zero-order valence-corrected chi connectivity index (χ0v) is 12.8. The Morgan fingerprint density at radius 1 is 1.20 bits per heavy atom. The Hall–Kier alpha value is -0.770. The van der Waals surface area contributed by atoms with E-state index in [2.05, 4.69) is 28.0 Å². The summed E-state index contributed by atoms with van der Waals surface area (Å²) >= 11 is 6.37. The van der Waals surface area contributed by atoms with Crippen molar-refractivity contribution in [3.63, 3.8) is 0 Å². The van der Waals surface area contributed by atoms with Crippen molar-refractivity contribution in [3.8, 4) is 0 Å². The van der Waals surface area contributed by atoms with E-state index in [0.29, 0.717) is 6.54 Å². The second-order valence-electron chi connectivity index (χ2n) is 5.95. The van der Waals surface area contributed by atoms with Crippen LogP contribution in [0.2, 0.25) is 5.02 Å². The van der Waals surface area contributed by atoms with Gasteiger partial charge in [0.15, 0.2) is 0 Å². The van der Waals surface area contributed by atoms with Crippen molar-refractivity contribution < 1.29 is 0 Å². The molecule has 2 aliphatic heterocycles. The van der Waals surface area contributed by atoms with Gasteiger partial charge in [-0.15, -0.1) is 0 Å². The molecule has 2 heterocycles. The van der Waals surface area contributed by atoms with Crippen LogP contribution in [0.15, 0.2) is 18.2 Å². The molecular weight excluding hydrogens is 270 g/mol. The number of rotatable bonds is 3. The third-order valence-electron chi connectivity index (χ3n) is 4.65. The van der Waals surface area contributed by atoms with Gasteiger partial charge in [0, 0.05) is 36.4 Å². The summed E-state index contributed by atoms with van der Waals surface area (Å²) in [6.45, 7) is 5.39. The van der Waals surface area contributed by atoms with Crippen LogP contribution in [-0.2, 0) is 6.42 Å².